The van der Waals surface area contributed by atoms with E-state index in [1.807, 2.05) is 4.90 Å². The largest absolute Gasteiger partial charge is 0.354 e. The third-order valence-corrected chi connectivity index (χ3v) is 5.14. The fourth-order valence-electron chi connectivity index (χ4n) is 3.68. The maximum atomic E-state index is 13.6. The third-order valence-electron chi connectivity index (χ3n) is 5.14. The smallest absolute Gasteiger partial charge is 0.258 e. The number of amides is 2. The number of hydrogen-bond acceptors (Lipinski definition) is 6. The van der Waals surface area contributed by atoms with Gasteiger partial charge in [0.25, 0.3) is 5.91 Å². The second-order valence-electron chi connectivity index (χ2n) is 7.20. The van der Waals surface area contributed by atoms with E-state index in [2.05, 4.69) is 25.9 Å². The predicted octanol–water partition coefficient (Wildman–Crippen LogP) is 2.13. The van der Waals surface area contributed by atoms with Crippen molar-refractivity contribution < 1.29 is 14.0 Å². The van der Waals surface area contributed by atoms with Gasteiger partial charge in [0, 0.05) is 31.6 Å². The lowest BCUT2D eigenvalue weighted by Crippen LogP contribution is -2.36. The number of nitrogens with zero attached hydrogens (tertiary/aromatic N) is 3. The average Bonchev–Trinajstić information content (AvgIpc) is 3.10. The molecule has 1 aromatic heterocycles. The molecule has 0 saturated carbocycles. The van der Waals surface area contributed by atoms with Gasteiger partial charge in [-0.3, -0.25) is 9.59 Å². The molecule has 2 aliphatic heterocycles. The van der Waals surface area contributed by atoms with E-state index in [-0.39, 0.29) is 24.3 Å². The Bertz CT molecular complexity index is 964. The molecule has 1 aromatic carbocycles. The van der Waals surface area contributed by atoms with Crippen LogP contribution in [0.15, 0.2) is 18.2 Å². The first-order valence-corrected chi connectivity index (χ1v) is 9.75. The molecule has 1 fully saturated rings. The van der Waals surface area contributed by atoms with E-state index < -0.39 is 0 Å². The van der Waals surface area contributed by atoms with Crippen molar-refractivity contribution in [3.8, 4) is 11.3 Å². The molecule has 0 radical (unpaired) electrons. The number of aryl methyl sites for hydroxylation is 1. The first-order valence-electron chi connectivity index (χ1n) is 9.75. The number of anilines is 2. The molecule has 0 aliphatic carbocycles. The van der Waals surface area contributed by atoms with Gasteiger partial charge in [-0.25, -0.2) is 9.37 Å². The number of nitrogens with one attached hydrogen (secondary N) is 3. The molecule has 152 valence electrons. The Kier molecular flexibility index (Phi) is 5.28. The summed E-state index contributed by atoms with van der Waals surface area (Å²) in [5.74, 6) is 0.430. The van der Waals surface area contributed by atoms with Crippen LogP contribution in [0.3, 0.4) is 0 Å². The second kappa shape index (κ2) is 8.02. The van der Waals surface area contributed by atoms with Crippen LogP contribution < -0.4 is 16.0 Å². The van der Waals surface area contributed by atoms with Gasteiger partial charge in [0.1, 0.15) is 17.2 Å². The summed E-state index contributed by atoms with van der Waals surface area (Å²) in [6.45, 7) is 4.17. The van der Waals surface area contributed by atoms with Gasteiger partial charge in [0.05, 0.1) is 12.4 Å². The number of aromatic nitrogens is 2. The summed E-state index contributed by atoms with van der Waals surface area (Å²) in [6.07, 6.45) is 2.33. The third kappa shape index (κ3) is 3.98. The topological polar surface area (TPSA) is 99.2 Å². The van der Waals surface area contributed by atoms with Crippen LogP contribution in [-0.4, -0.2) is 53.0 Å². The van der Waals surface area contributed by atoms with Crippen molar-refractivity contribution in [3.05, 3.63) is 35.1 Å². The standard InChI is InChI=1S/C20H23FN6O2/c1-12-10-13(21)5-6-14(12)17-16-18(23-11-24-19(16)29)26-20(25-17)22-7-3-9-27-8-2-4-15(27)28/h5-6,10H,2-4,7-9,11H2,1H3,(H,24,29)(H2,22,23,25,26). The number of carbonyl (C=O) groups excluding carboxylic acids is 2. The van der Waals surface area contributed by atoms with E-state index in [9.17, 15) is 14.0 Å². The molecule has 0 spiro atoms. The summed E-state index contributed by atoms with van der Waals surface area (Å²) in [5, 5.41) is 8.97. The lowest BCUT2D eigenvalue weighted by molar-refractivity contribution is -0.127. The summed E-state index contributed by atoms with van der Waals surface area (Å²) >= 11 is 0. The highest BCUT2D eigenvalue weighted by atomic mass is 19.1. The summed E-state index contributed by atoms with van der Waals surface area (Å²) in [4.78, 5) is 35.0. The first kappa shape index (κ1) is 19.1. The maximum Gasteiger partial charge on any atom is 0.258 e. The van der Waals surface area contributed by atoms with Crippen molar-refractivity contribution in [3.63, 3.8) is 0 Å². The summed E-state index contributed by atoms with van der Waals surface area (Å²) in [5.41, 5.74) is 2.16. The van der Waals surface area contributed by atoms with Gasteiger partial charge in [-0.2, -0.15) is 4.98 Å². The zero-order chi connectivity index (χ0) is 20.4. The fourth-order valence-corrected chi connectivity index (χ4v) is 3.68. The molecule has 4 rings (SSSR count). The summed E-state index contributed by atoms with van der Waals surface area (Å²) in [7, 11) is 0. The van der Waals surface area contributed by atoms with E-state index in [4.69, 9.17) is 0 Å². The molecule has 2 aliphatic rings. The highest BCUT2D eigenvalue weighted by Crippen LogP contribution is 2.31. The van der Waals surface area contributed by atoms with E-state index in [0.717, 1.165) is 19.4 Å². The molecule has 1 saturated heterocycles. The number of carbonyl (C=O) groups is 2. The van der Waals surface area contributed by atoms with Crippen LogP contribution in [0.25, 0.3) is 11.3 Å². The number of benzene rings is 1. The molecule has 0 unspecified atom stereocenters. The van der Waals surface area contributed by atoms with Gasteiger partial charge in [0.15, 0.2) is 0 Å². The first-order chi connectivity index (χ1) is 14.0. The molecule has 3 heterocycles. The maximum absolute atomic E-state index is 13.6. The van der Waals surface area contributed by atoms with Crippen LogP contribution in [-0.2, 0) is 4.79 Å². The fraction of sp³-hybridized carbons (Fsp3) is 0.400. The Morgan fingerprint density at radius 3 is 2.86 bits per heavy atom. The minimum Gasteiger partial charge on any atom is -0.354 e. The molecule has 0 atom stereocenters. The summed E-state index contributed by atoms with van der Waals surface area (Å²) < 4.78 is 13.6. The van der Waals surface area contributed by atoms with Gasteiger partial charge in [0.2, 0.25) is 11.9 Å². The van der Waals surface area contributed by atoms with E-state index >= 15 is 0 Å². The van der Waals surface area contributed by atoms with E-state index in [1.54, 1.807) is 13.0 Å². The van der Waals surface area contributed by atoms with Crippen molar-refractivity contribution >= 4 is 23.6 Å². The van der Waals surface area contributed by atoms with Gasteiger partial charge < -0.3 is 20.9 Å². The minimum absolute atomic E-state index is 0.208. The highest BCUT2D eigenvalue weighted by molar-refractivity contribution is 6.06. The highest BCUT2D eigenvalue weighted by Gasteiger charge is 2.26. The average molecular weight is 398 g/mol. The Labute approximate surface area is 167 Å². The predicted molar refractivity (Wildman–Crippen MR) is 107 cm³/mol. The number of rotatable bonds is 6. The van der Waals surface area contributed by atoms with Crippen molar-refractivity contribution in [2.24, 2.45) is 0 Å². The monoisotopic (exact) mass is 398 g/mol. The molecule has 8 nitrogen and oxygen atoms in total. The Morgan fingerprint density at radius 1 is 1.24 bits per heavy atom. The van der Waals surface area contributed by atoms with Crippen LogP contribution in [0.1, 0.15) is 35.2 Å². The molecule has 9 heteroatoms. The van der Waals surface area contributed by atoms with Crippen molar-refractivity contribution in [2.75, 3.05) is 36.9 Å². The minimum atomic E-state index is -0.341. The lowest BCUT2D eigenvalue weighted by Gasteiger charge is -2.22. The zero-order valence-electron chi connectivity index (χ0n) is 16.2. The van der Waals surface area contributed by atoms with Gasteiger partial charge in [-0.05, 0) is 43.5 Å². The van der Waals surface area contributed by atoms with Crippen molar-refractivity contribution in [2.45, 2.75) is 26.2 Å². The molecule has 2 amide bonds. The van der Waals surface area contributed by atoms with Crippen LogP contribution >= 0.6 is 0 Å². The lowest BCUT2D eigenvalue weighted by atomic mass is 10.0. The van der Waals surface area contributed by atoms with Gasteiger partial charge in [-0.15, -0.1) is 0 Å². The number of likely N-dealkylation sites (tertiary alicyclic amines) is 1. The Hall–Kier alpha value is -3.23. The van der Waals surface area contributed by atoms with Gasteiger partial charge in [-0.1, -0.05) is 0 Å². The number of fused-ring (bicyclic) bond motifs is 1. The zero-order valence-corrected chi connectivity index (χ0v) is 16.2. The van der Waals surface area contributed by atoms with Crippen LogP contribution in [0, 0.1) is 12.7 Å². The van der Waals surface area contributed by atoms with Crippen LogP contribution in [0.5, 0.6) is 0 Å². The van der Waals surface area contributed by atoms with Crippen molar-refractivity contribution in [1.82, 2.24) is 20.2 Å². The summed E-state index contributed by atoms with van der Waals surface area (Å²) in [6, 6.07) is 4.39. The Morgan fingerprint density at radius 2 is 2.10 bits per heavy atom. The van der Waals surface area contributed by atoms with Crippen LogP contribution in [0.4, 0.5) is 16.2 Å². The van der Waals surface area contributed by atoms with Gasteiger partial charge >= 0.3 is 0 Å². The Balaban J connectivity index is 1.57. The second-order valence-corrected chi connectivity index (χ2v) is 7.20. The molecule has 2 aromatic rings. The number of hydrogen-bond donors (Lipinski definition) is 3. The van der Waals surface area contributed by atoms with Crippen molar-refractivity contribution in [1.29, 1.82) is 0 Å². The SMILES string of the molecule is Cc1cc(F)ccc1-c1nc(NCCCN2CCCC2=O)nc2c1C(=O)NCN2. The van der Waals surface area contributed by atoms with E-state index in [0.29, 0.717) is 53.7 Å². The van der Waals surface area contributed by atoms with Crippen LogP contribution in [0.2, 0.25) is 0 Å². The number of halogens is 1. The normalized spacial score (nSPS) is 15.7. The molecule has 29 heavy (non-hydrogen) atoms. The quantitative estimate of drug-likeness (QED) is 0.645. The molecule has 0 bridgehead atoms. The molecular weight excluding hydrogens is 375 g/mol. The molecular formula is C20H23FN6O2. The van der Waals surface area contributed by atoms with E-state index in [1.165, 1.54) is 12.1 Å². The molecule has 3 N–H and O–H groups in total.